The number of hydrogen-bond acceptors (Lipinski definition) is 2. The van der Waals surface area contributed by atoms with Gasteiger partial charge in [0, 0.05) is 24.7 Å². The molecule has 1 heterocycles. The van der Waals surface area contributed by atoms with E-state index in [0.717, 1.165) is 18.5 Å². The van der Waals surface area contributed by atoms with E-state index in [9.17, 15) is 9.59 Å². The van der Waals surface area contributed by atoms with Crippen LogP contribution in [0.4, 0.5) is 5.69 Å². The number of carbonyl (C=O) groups excluding carboxylic acids is 2. The molecule has 0 unspecified atom stereocenters. The fraction of sp³-hybridized carbons (Fsp3) is 0.556. The number of hydrogen-bond donors (Lipinski definition) is 1. The molecule has 3 rings (SSSR count). The topological polar surface area (TPSA) is 49.4 Å². The molecule has 2 amide bonds. The predicted octanol–water partition coefficient (Wildman–Crippen LogP) is 2.88. The zero-order valence-corrected chi connectivity index (χ0v) is 13.0. The maximum absolute atomic E-state index is 12.5. The molecule has 2 fully saturated rings. The van der Waals surface area contributed by atoms with E-state index < -0.39 is 0 Å². The highest BCUT2D eigenvalue weighted by Gasteiger charge is 2.35. The standard InChI is InChI=1S/C18H24N2O2/c21-17-12-14(13-20(17)16-10-6-3-7-11-16)18(22)19-15-8-4-1-2-5-9-15/h3,6-7,10-11,14-15H,1-2,4-5,8-9,12-13H2,(H,19,22)/t14-/m1/s1. The van der Waals surface area contributed by atoms with Crippen LogP contribution in [0, 0.1) is 5.92 Å². The van der Waals surface area contributed by atoms with Crippen LogP contribution in [0.25, 0.3) is 0 Å². The Bertz CT molecular complexity index is 521. The van der Waals surface area contributed by atoms with Gasteiger partial charge in [0.05, 0.1) is 5.92 Å². The average molecular weight is 300 g/mol. The Labute approximate surface area is 131 Å². The zero-order chi connectivity index (χ0) is 15.4. The van der Waals surface area contributed by atoms with Crippen LogP contribution in [0.1, 0.15) is 44.9 Å². The van der Waals surface area contributed by atoms with Crippen LogP contribution < -0.4 is 10.2 Å². The van der Waals surface area contributed by atoms with Gasteiger partial charge in [0.1, 0.15) is 0 Å². The van der Waals surface area contributed by atoms with Crippen molar-refractivity contribution in [1.82, 2.24) is 5.32 Å². The molecule has 1 saturated heterocycles. The molecule has 4 heteroatoms. The maximum atomic E-state index is 12.5. The summed E-state index contributed by atoms with van der Waals surface area (Å²) in [6, 6.07) is 9.91. The van der Waals surface area contributed by atoms with Crippen molar-refractivity contribution < 1.29 is 9.59 Å². The molecule has 1 atom stereocenters. The Morgan fingerprint density at radius 3 is 2.41 bits per heavy atom. The number of anilines is 1. The SMILES string of the molecule is O=C(NC1CCCCCC1)[C@@H]1CC(=O)N(c2ccccc2)C1. The van der Waals surface area contributed by atoms with Crippen LogP contribution >= 0.6 is 0 Å². The van der Waals surface area contributed by atoms with Gasteiger partial charge in [-0.1, -0.05) is 43.9 Å². The van der Waals surface area contributed by atoms with Crippen molar-refractivity contribution >= 4 is 17.5 Å². The van der Waals surface area contributed by atoms with Crippen LogP contribution in [0.2, 0.25) is 0 Å². The van der Waals surface area contributed by atoms with E-state index in [-0.39, 0.29) is 17.7 Å². The number of para-hydroxylation sites is 1. The normalized spacial score (nSPS) is 23.4. The van der Waals surface area contributed by atoms with Crippen LogP contribution in [0.15, 0.2) is 30.3 Å². The molecule has 1 N–H and O–H groups in total. The molecule has 1 aliphatic carbocycles. The van der Waals surface area contributed by atoms with E-state index >= 15 is 0 Å². The molecule has 0 spiro atoms. The van der Waals surface area contributed by atoms with E-state index in [1.54, 1.807) is 4.90 Å². The van der Waals surface area contributed by atoms with Crippen molar-refractivity contribution in [3.63, 3.8) is 0 Å². The molecule has 4 nitrogen and oxygen atoms in total. The highest BCUT2D eigenvalue weighted by atomic mass is 16.2. The molecular formula is C18H24N2O2. The summed E-state index contributed by atoms with van der Waals surface area (Å²) >= 11 is 0. The highest BCUT2D eigenvalue weighted by Crippen LogP contribution is 2.25. The first kappa shape index (κ1) is 15.1. The van der Waals surface area contributed by atoms with E-state index in [1.165, 1.54) is 25.7 Å². The summed E-state index contributed by atoms with van der Waals surface area (Å²) < 4.78 is 0. The first-order valence-electron chi connectivity index (χ1n) is 8.40. The molecule has 0 radical (unpaired) electrons. The van der Waals surface area contributed by atoms with Crippen molar-refractivity contribution in [3.05, 3.63) is 30.3 Å². The highest BCUT2D eigenvalue weighted by molar-refractivity contribution is 6.00. The first-order valence-corrected chi connectivity index (χ1v) is 8.40. The fourth-order valence-electron chi connectivity index (χ4n) is 3.48. The third-order valence-corrected chi connectivity index (χ3v) is 4.77. The Balaban J connectivity index is 1.59. The lowest BCUT2D eigenvalue weighted by Gasteiger charge is -2.19. The lowest BCUT2D eigenvalue weighted by Crippen LogP contribution is -2.39. The molecule has 2 aliphatic rings. The summed E-state index contributed by atoms with van der Waals surface area (Å²) in [5.41, 5.74) is 0.886. The van der Waals surface area contributed by atoms with Crippen molar-refractivity contribution in [2.24, 2.45) is 5.92 Å². The van der Waals surface area contributed by atoms with Crippen LogP contribution in [0.5, 0.6) is 0 Å². The third kappa shape index (κ3) is 3.49. The minimum atomic E-state index is -0.212. The smallest absolute Gasteiger partial charge is 0.227 e. The van der Waals surface area contributed by atoms with Crippen molar-refractivity contribution in [2.45, 2.75) is 51.0 Å². The van der Waals surface area contributed by atoms with Gasteiger partial charge in [0.25, 0.3) is 0 Å². The monoisotopic (exact) mass is 300 g/mol. The quantitative estimate of drug-likeness (QED) is 0.873. The number of benzene rings is 1. The summed E-state index contributed by atoms with van der Waals surface area (Å²) in [6.45, 7) is 0.501. The second kappa shape index (κ2) is 6.95. The molecule has 1 aromatic rings. The largest absolute Gasteiger partial charge is 0.353 e. The minimum Gasteiger partial charge on any atom is -0.353 e. The fourth-order valence-corrected chi connectivity index (χ4v) is 3.48. The van der Waals surface area contributed by atoms with Gasteiger partial charge in [-0.15, -0.1) is 0 Å². The van der Waals surface area contributed by atoms with Gasteiger partial charge in [-0.05, 0) is 25.0 Å². The number of amides is 2. The Morgan fingerprint density at radius 2 is 1.73 bits per heavy atom. The van der Waals surface area contributed by atoms with Crippen molar-refractivity contribution in [3.8, 4) is 0 Å². The van der Waals surface area contributed by atoms with Crippen LogP contribution in [-0.4, -0.2) is 24.4 Å². The van der Waals surface area contributed by atoms with Gasteiger partial charge >= 0.3 is 0 Å². The van der Waals surface area contributed by atoms with Gasteiger partial charge in [-0.2, -0.15) is 0 Å². The summed E-state index contributed by atoms with van der Waals surface area (Å²) in [5, 5.41) is 3.18. The summed E-state index contributed by atoms with van der Waals surface area (Å²) in [4.78, 5) is 26.4. The predicted molar refractivity (Wildman–Crippen MR) is 86.5 cm³/mol. The van der Waals surface area contributed by atoms with Gasteiger partial charge in [0.15, 0.2) is 0 Å². The Morgan fingerprint density at radius 1 is 1.05 bits per heavy atom. The zero-order valence-electron chi connectivity index (χ0n) is 13.0. The second-order valence-electron chi connectivity index (χ2n) is 6.44. The summed E-state index contributed by atoms with van der Waals surface area (Å²) in [7, 11) is 0. The second-order valence-corrected chi connectivity index (χ2v) is 6.44. The number of rotatable bonds is 3. The maximum Gasteiger partial charge on any atom is 0.227 e. The third-order valence-electron chi connectivity index (χ3n) is 4.77. The van der Waals surface area contributed by atoms with E-state index in [1.807, 2.05) is 30.3 Å². The van der Waals surface area contributed by atoms with Crippen LogP contribution in [-0.2, 0) is 9.59 Å². The van der Waals surface area contributed by atoms with E-state index in [4.69, 9.17) is 0 Å². The van der Waals surface area contributed by atoms with E-state index in [2.05, 4.69) is 5.32 Å². The van der Waals surface area contributed by atoms with Crippen molar-refractivity contribution in [2.75, 3.05) is 11.4 Å². The lowest BCUT2D eigenvalue weighted by molar-refractivity contribution is -0.127. The minimum absolute atomic E-state index is 0.0483. The number of nitrogens with zero attached hydrogens (tertiary/aromatic N) is 1. The summed E-state index contributed by atoms with van der Waals surface area (Å²) in [6.07, 6.45) is 7.43. The van der Waals surface area contributed by atoms with Gasteiger partial charge in [0.2, 0.25) is 11.8 Å². The number of nitrogens with one attached hydrogen (secondary N) is 1. The van der Waals surface area contributed by atoms with Gasteiger partial charge < -0.3 is 10.2 Å². The van der Waals surface area contributed by atoms with Gasteiger partial charge in [-0.25, -0.2) is 0 Å². The molecule has 0 bridgehead atoms. The molecule has 22 heavy (non-hydrogen) atoms. The number of carbonyl (C=O) groups is 2. The Hall–Kier alpha value is -1.84. The molecule has 1 aromatic carbocycles. The van der Waals surface area contributed by atoms with Gasteiger partial charge in [-0.3, -0.25) is 9.59 Å². The van der Waals surface area contributed by atoms with Crippen molar-refractivity contribution in [1.29, 1.82) is 0 Å². The Kier molecular flexibility index (Phi) is 4.76. The first-order chi connectivity index (χ1) is 10.7. The molecule has 118 valence electrons. The molecular weight excluding hydrogens is 276 g/mol. The average Bonchev–Trinajstić information content (AvgIpc) is 2.75. The lowest BCUT2D eigenvalue weighted by atomic mass is 10.0. The molecule has 1 saturated carbocycles. The molecule has 0 aromatic heterocycles. The van der Waals surface area contributed by atoms with Crippen LogP contribution in [0.3, 0.4) is 0 Å². The molecule has 1 aliphatic heterocycles. The van der Waals surface area contributed by atoms with E-state index in [0.29, 0.717) is 19.0 Å². The summed E-state index contributed by atoms with van der Waals surface area (Å²) in [5.74, 6) is -0.109.